The van der Waals surface area contributed by atoms with Gasteiger partial charge in [0.15, 0.2) is 0 Å². The van der Waals surface area contributed by atoms with Crippen molar-refractivity contribution in [3.8, 4) is 0 Å². The molecule has 3 nitrogen and oxygen atoms in total. The van der Waals surface area contributed by atoms with E-state index in [9.17, 15) is 0 Å². The fourth-order valence-corrected chi connectivity index (χ4v) is 3.13. The fourth-order valence-electron chi connectivity index (χ4n) is 3.13. The van der Waals surface area contributed by atoms with Crippen LogP contribution in [0.15, 0.2) is 53.8 Å². The van der Waals surface area contributed by atoms with Gasteiger partial charge < -0.3 is 10.2 Å². The van der Waals surface area contributed by atoms with Crippen molar-refractivity contribution < 1.29 is 0 Å². The van der Waals surface area contributed by atoms with Crippen molar-refractivity contribution in [2.75, 3.05) is 24.5 Å². The number of rotatable bonds is 5. The molecular weight excluding hydrogens is 282 g/mol. The van der Waals surface area contributed by atoms with Crippen LogP contribution in [0.2, 0.25) is 0 Å². The van der Waals surface area contributed by atoms with Gasteiger partial charge in [-0.2, -0.15) is 0 Å². The van der Waals surface area contributed by atoms with Crippen LogP contribution in [0, 0.1) is 0 Å². The molecule has 0 radical (unpaired) electrons. The van der Waals surface area contributed by atoms with Crippen LogP contribution in [0.4, 0.5) is 5.82 Å². The van der Waals surface area contributed by atoms with Crippen molar-refractivity contribution in [3.63, 3.8) is 0 Å². The highest BCUT2D eigenvalue weighted by Gasteiger charge is 2.12. The van der Waals surface area contributed by atoms with Crippen LogP contribution >= 0.6 is 0 Å². The lowest BCUT2D eigenvalue weighted by Crippen LogP contribution is -2.30. The summed E-state index contributed by atoms with van der Waals surface area (Å²) in [5.74, 6) is 1.14. The molecule has 0 atom stereocenters. The van der Waals surface area contributed by atoms with Crippen LogP contribution in [-0.2, 0) is 6.54 Å². The minimum Gasteiger partial charge on any atom is -0.357 e. The van der Waals surface area contributed by atoms with Gasteiger partial charge in [0.2, 0.25) is 0 Å². The summed E-state index contributed by atoms with van der Waals surface area (Å²) < 4.78 is 0. The molecule has 23 heavy (non-hydrogen) atoms. The first-order valence-corrected chi connectivity index (χ1v) is 8.75. The molecule has 1 saturated heterocycles. The number of piperidine rings is 1. The zero-order valence-electron chi connectivity index (χ0n) is 14.1. The van der Waals surface area contributed by atoms with Crippen molar-refractivity contribution >= 4 is 5.82 Å². The third kappa shape index (κ3) is 4.80. The number of nitrogens with one attached hydrogen (secondary N) is 1. The van der Waals surface area contributed by atoms with Gasteiger partial charge >= 0.3 is 0 Å². The molecule has 0 aromatic carbocycles. The predicted molar refractivity (Wildman–Crippen MR) is 97.6 cm³/mol. The smallest absolute Gasteiger partial charge is 0.128 e. The van der Waals surface area contributed by atoms with Gasteiger partial charge in [0.05, 0.1) is 0 Å². The maximum atomic E-state index is 4.55. The molecule has 1 aromatic rings. The maximum Gasteiger partial charge on any atom is 0.128 e. The van der Waals surface area contributed by atoms with Gasteiger partial charge in [-0.25, -0.2) is 4.98 Å². The van der Waals surface area contributed by atoms with Crippen molar-refractivity contribution in [2.24, 2.45) is 0 Å². The van der Waals surface area contributed by atoms with Gasteiger partial charge in [0.25, 0.3) is 0 Å². The molecule has 0 bridgehead atoms. The third-order valence-corrected chi connectivity index (χ3v) is 4.51. The largest absolute Gasteiger partial charge is 0.357 e. The highest BCUT2D eigenvalue weighted by Crippen LogP contribution is 2.18. The molecule has 122 valence electrons. The van der Waals surface area contributed by atoms with Crippen molar-refractivity contribution in [3.05, 3.63) is 59.3 Å². The van der Waals surface area contributed by atoms with Crippen molar-refractivity contribution in [1.29, 1.82) is 0 Å². The molecule has 3 rings (SSSR count). The van der Waals surface area contributed by atoms with Crippen LogP contribution < -0.4 is 10.2 Å². The van der Waals surface area contributed by atoms with E-state index in [1.54, 1.807) is 0 Å². The minimum absolute atomic E-state index is 0.896. The summed E-state index contributed by atoms with van der Waals surface area (Å²) >= 11 is 0. The zero-order valence-corrected chi connectivity index (χ0v) is 14.1. The second kappa shape index (κ2) is 8.11. The monoisotopic (exact) mass is 309 g/mol. The van der Waals surface area contributed by atoms with E-state index in [-0.39, 0.29) is 0 Å². The normalized spacial score (nSPS) is 18.4. The van der Waals surface area contributed by atoms with Crippen LogP contribution in [0.1, 0.15) is 38.2 Å². The zero-order chi connectivity index (χ0) is 15.9. The quantitative estimate of drug-likeness (QED) is 0.891. The molecule has 2 aliphatic rings. The molecule has 0 unspecified atom stereocenters. The molecule has 1 aliphatic heterocycles. The Morgan fingerprint density at radius 3 is 2.87 bits per heavy atom. The summed E-state index contributed by atoms with van der Waals surface area (Å²) in [6.45, 7) is 6.27. The molecule has 1 aliphatic carbocycles. The lowest BCUT2D eigenvalue weighted by Gasteiger charge is -2.27. The van der Waals surface area contributed by atoms with Crippen molar-refractivity contribution in [1.82, 2.24) is 10.3 Å². The van der Waals surface area contributed by atoms with E-state index in [4.69, 9.17) is 0 Å². The van der Waals surface area contributed by atoms with Crippen molar-refractivity contribution in [2.45, 2.75) is 39.2 Å². The fraction of sp³-hybridized carbons (Fsp3) is 0.450. The van der Waals surface area contributed by atoms with Gasteiger partial charge in [0, 0.05) is 32.4 Å². The number of nitrogens with zero attached hydrogens (tertiary/aromatic N) is 2. The Bertz CT molecular complexity index is 607. The number of anilines is 1. The highest BCUT2D eigenvalue weighted by atomic mass is 15.2. The number of hydrogen-bond acceptors (Lipinski definition) is 3. The molecule has 0 spiro atoms. The van der Waals surface area contributed by atoms with Gasteiger partial charge in [-0.15, -0.1) is 0 Å². The van der Waals surface area contributed by atoms with Gasteiger partial charge in [0.1, 0.15) is 5.82 Å². The summed E-state index contributed by atoms with van der Waals surface area (Å²) in [5.41, 5.74) is 4.07. The van der Waals surface area contributed by atoms with E-state index in [0.29, 0.717) is 0 Å². The molecule has 2 heterocycles. The van der Waals surface area contributed by atoms with E-state index < -0.39 is 0 Å². The first-order valence-electron chi connectivity index (χ1n) is 8.75. The number of hydrogen-bond donors (Lipinski definition) is 1. The maximum absolute atomic E-state index is 4.55. The summed E-state index contributed by atoms with van der Waals surface area (Å²) in [7, 11) is 0. The Morgan fingerprint density at radius 1 is 1.13 bits per heavy atom. The molecule has 0 saturated carbocycles. The Labute approximate surface area is 139 Å². The Kier molecular flexibility index (Phi) is 5.65. The van der Waals surface area contributed by atoms with E-state index in [1.165, 1.54) is 36.0 Å². The summed E-state index contributed by atoms with van der Waals surface area (Å²) in [6, 6.07) is 4.36. The average Bonchev–Trinajstić information content (AvgIpc) is 2.81. The van der Waals surface area contributed by atoms with Gasteiger partial charge in [-0.3, -0.25) is 0 Å². The summed E-state index contributed by atoms with van der Waals surface area (Å²) in [6.07, 6.45) is 15.8. The predicted octanol–water partition coefficient (Wildman–Crippen LogP) is 3.99. The number of allylic oxidation sites excluding steroid dienone is 5. The van der Waals surface area contributed by atoms with Crippen LogP contribution in [0.5, 0.6) is 0 Å². The van der Waals surface area contributed by atoms with Crippen LogP contribution in [0.25, 0.3) is 0 Å². The van der Waals surface area contributed by atoms with E-state index in [0.717, 1.165) is 38.4 Å². The SMILES string of the molecule is CC1=CC=C(CNCc2ccnc(N3CCCCC3)c2)CC=C1. The second-order valence-corrected chi connectivity index (χ2v) is 6.52. The molecule has 1 fully saturated rings. The second-order valence-electron chi connectivity index (χ2n) is 6.52. The Hall–Kier alpha value is -1.87. The molecule has 1 aromatic heterocycles. The van der Waals surface area contributed by atoms with E-state index in [1.807, 2.05) is 6.20 Å². The van der Waals surface area contributed by atoms with E-state index in [2.05, 4.69) is 58.6 Å². The lowest BCUT2D eigenvalue weighted by molar-refractivity contribution is 0.573. The van der Waals surface area contributed by atoms with Gasteiger partial charge in [-0.1, -0.05) is 35.5 Å². The Balaban J connectivity index is 1.53. The standard InChI is InChI=1S/C20H27N3/c1-17-6-5-7-18(9-8-17)15-21-16-19-10-11-22-20(14-19)23-12-3-2-4-13-23/h5-6,8-11,14,21H,2-4,7,12-13,15-16H2,1H3. The van der Waals surface area contributed by atoms with E-state index >= 15 is 0 Å². The first-order chi connectivity index (χ1) is 11.3. The average molecular weight is 309 g/mol. The lowest BCUT2D eigenvalue weighted by atomic mass is 10.1. The summed E-state index contributed by atoms with van der Waals surface area (Å²) in [5, 5.41) is 3.57. The molecule has 1 N–H and O–H groups in total. The molecular formula is C20H27N3. The molecule has 0 amide bonds. The Morgan fingerprint density at radius 2 is 2.00 bits per heavy atom. The molecule has 3 heteroatoms. The number of pyridine rings is 1. The highest BCUT2D eigenvalue weighted by molar-refractivity contribution is 5.41. The topological polar surface area (TPSA) is 28.2 Å². The summed E-state index contributed by atoms with van der Waals surface area (Å²) in [4.78, 5) is 6.97. The first kappa shape index (κ1) is 16.0. The van der Waals surface area contributed by atoms with Crippen LogP contribution in [-0.4, -0.2) is 24.6 Å². The van der Waals surface area contributed by atoms with Crippen LogP contribution in [0.3, 0.4) is 0 Å². The third-order valence-electron chi connectivity index (χ3n) is 4.51. The minimum atomic E-state index is 0.896. The van der Waals surface area contributed by atoms with Gasteiger partial charge in [-0.05, 0) is 50.3 Å². The number of aromatic nitrogens is 1.